The van der Waals surface area contributed by atoms with Crippen LogP contribution in [0.5, 0.6) is 0 Å². The minimum Gasteiger partial charge on any atom is -0.313 e. The lowest BCUT2D eigenvalue weighted by atomic mass is 10.2. The Bertz CT molecular complexity index is 291. The summed E-state index contributed by atoms with van der Waals surface area (Å²) in [5, 5.41) is 3.52. The van der Waals surface area contributed by atoms with Gasteiger partial charge in [-0.1, -0.05) is 17.7 Å². The Morgan fingerprint density at radius 2 is 2.14 bits per heavy atom. The second-order valence-electron chi connectivity index (χ2n) is 2.96. The Hall–Kier alpha value is -0.310. The van der Waals surface area contributed by atoms with E-state index in [0.29, 0.717) is 23.0 Å². The molecule has 0 heterocycles. The Morgan fingerprint density at radius 3 is 2.79 bits per heavy atom. The molecule has 1 rings (SSSR count). The van der Waals surface area contributed by atoms with Gasteiger partial charge in [0.05, 0.1) is 0 Å². The highest BCUT2D eigenvalue weighted by atomic mass is 35.5. The van der Waals surface area contributed by atoms with Gasteiger partial charge in [0.15, 0.2) is 0 Å². The summed E-state index contributed by atoms with van der Waals surface area (Å²) in [4.78, 5) is 0. The van der Waals surface area contributed by atoms with Crippen LogP contribution in [0.15, 0.2) is 18.2 Å². The van der Waals surface area contributed by atoms with Gasteiger partial charge in [-0.3, -0.25) is 0 Å². The summed E-state index contributed by atoms with van der Waals surface area (Å²) in [6.45, 7) is 1.31. The van der Waals surface area contributed by atoms with Crippen molar-refractivity contribution in [2.45, 2.75) is 13.0 Å². The topological polar surface area (TPSA) is 12.0 Å². The van der Waals surface area contributed by atoms with Crippen LogP contribution < -0.4 is 5.32 Å². The largest absolute Gasteiger partial charge is 0.313 e. The molecule has 0 saturated carbocycles. The van der Waals surface area contributed by atoms with Gasteiger partial charge in [-0.05, 0) is 25.1 Å². The minimum absolute atomic E-state index is 0.268. The number of halogens is 3. The maximum absolute atomic E-state index is 13.2. The molecule has 1 aromatic carbocycles. The zero-order chi connectivity index (χ0) is 10.4. The average Bonchev–Trinajstić information content (AvgIpc) is 2.15. The van der Waals surface area contributed by atoms with E-state index in [0.717, 1.165) is 13.0 Å². The molecule has 0 amide bonds. The quantitative estimate of drug-likeness (QED) is 0.611. The van der Waals surface area contributed by atoms with Crippen molar-refractivity contribution in [2.24, 2.45) is 0 Å². The van der Waals surface area contributed by atoms with Gasteiger partial charge in [-0.15, -0.1) is 11.6 Å². The van der Waals surface area contributed by atoms with Gasteiger partial charge in [0.1, 0.15) is 5.82 Å². The predicted molar refractivity (Wildman–Crippen MR) is 58.5 cm³/mol. The first-order chi connectivity index (χ1) is 6.74. The number of alkyl halides is 1. The Balaban J connectivity index is 2.42. The number of hydrogen-bond acceptors (Lipinski definition) is 1. The smallest absolute Gasteiger partial charge is 0.129 e. The second-order valence-corrected chi connectivity index (χ2v) is 3.77. The first-order valence-corrected chi connectivity index (χ1v) is 5.36. The highest BCUT2D eigenvalue weighted by Gasteiger charge is 2.01. The third-order valence-corrected chi connectivity index (χ3v) is 2.32. The zero-order valence-corrected chi connectivity index (χ0v) is 9.21. The molecule has 0 aliphatic rings. The van der Waals surface area contributed by atoms with Crippen LogP contribution in [-0.4, -0.2) is 12.4 Å². The maximum Gasteiger partial charge on any atom is 0.129 e. The maximum atomic E-state index is 13.2. The molecule has 14 heavy (non-hydrogen) atoms. The number of hydrogen-bond donors (Lipinski definition) is 1. The van der Waals surface area contributed by atoms with E-state index >= 15 is 0 Å². The monoisotopic (exact) mass is 235 g/mol. The van der Waals surface area contributed by atoms with E-state index in [1.807, 2.05) is 0 Å². The van der Waals surface area contributed by atoms with Gasteiger partial charge in [0, 0.05) is 23.0 Å². The second kappa shape index (κ2) is 6.23. The molecule has 0 aliphatic heterocycles. The van der Waals surface area contributed by atoms with E-state index in [9.17, 15) is 4.39 Å². The molecule has 0 spiro atoms. The van der Waals surface area contributed by atoms with Crippen LogP contribution in [-0.2, 0) is 6.54 Å². The molecule has 0 saturated heterocycles. The van der Waals surface area contributed by atoms with E-state index in [1.165, 1.54) is 6.07 Å². The van der Waals surface area contributed by atoms with E-state index in [1.54, 1.807) is 12.1 Å². The van der Waals surface area contributed by atoms with Crippen molar-refractivity contribution in [3.8, 4) is 0 Å². The molecule has 1 N–H and O–H groups in total. The molecule has 0 atom stereocenters. The molecular weight excluding hydrogens is 224 g/mol. The summed E-state index contributed by atoms with van der Waals surface area (Å²) in [7, 11) is 0. The van der Waals surface area contributed by atoms with Crippen molar-refractivity contribution >= 4 is 23.2 Å². The lowest BCUT2D eigenvalue weighted by Crippen LogP contribution is -2.15. The van der Waals surface area contributed by atoms with Crippen LogP contribution in [0, 0.1) is 5.82 Å². The van der Waals surface area contributed by atoms with Crippen LogP contribution in [0.1, 0.15) is 12.0 Å². The van der Waals surface area contributed by atoms with Crippen molar-refractivity contribution in [1.29, 1.82) is 0 Å². The summed E-state index contributed by atoms with van der Waals surface area (Å²) in [6, 6.07) is 4.69. The lowest BCUT2D eigenvalue weighted by Gasteiger charge is -2.05. The van der Waals surface area contributed by atoms with Crippen LogP contribution in [0.25, 0.3) is 0 Å². The van der Waals surface area contributed by atoms with Gasteiger partial charge in [0.25, 0.3) is 0 Å². The number of benzene rings is 1. The Kier molecular flexibility index (Phi) is 5.23. The molecule has 78 valence electrons. The zero-order valence-electron chi connectivity index (χ0n) is 7.69. The van der Waals surface area contributed by atoms with Crippen molar-refractivity contribution in [3.63, 3.8) is 0 Å². The van der Waals surface area contributed by atoms with Crippen LogP contribution in [0.4, 0.5) is 4.39 Å². The molecular formula is C10H12Cl2FN. The van der Waals surface area contributed by atoms with Gasteiger partial charge in [-0.25, -0.2) is 4.39 Å². The fraction of sp³-hybridized carbons (Fsp3) is 0.400. The summed E-state index contributed by atoms with van der Waals surface area (Å²) < 4.78 is 13.2. The van der Waals surface area contributed by atoms with Gasteiger partial charge in [-0.2, -0.15) is 0 Å². The minimum atomic E-state index is -0.268. The van der Waals surface area contributed by atoms with E-state index in [-0.39, 0.29) is 5.82 Å². The molecule has 1 aromatic rings. The number of rotatable bonds is 5. The summed E-state index contributed by atoms with van der Waals surface area (Å²) in [5.74, 6) is 0.353. The normalized spacial score (nSPS) is 10.5. The summed E-state index contributed by atoms with van der Waals surface area (Å²) in [5.41, 5.74) is 0.629. The molecule has 0 aromatic heterocycles. The van der Waals surface area contributed by atoms with Crippen molar-refractivity contribution in [3.05, 3.63) is 34.6 Å². The Morgan fingerprint density at radius 1 is 1.36 bits per heavy atom. The Labute approximate surface area is 93.2 Å². The summed E-state index contributed by atoms with van der Waals surface area (Å²) >= 11 is 11.1. The molecule has 1 nitrogen and oxygen atoms in total. The fourth-order valence-corrected chi connectivity index (χ4v) is 1.37. The first kappa shape index (κ1) is 11.8. The SMILES string of the molecule is Fc1cc(Cl)ccc1CNCCCCl. The van der Waals surface area contributed by atoms with Gasteiger partial charge in [0.2, 0.25) is 0 Å². The summed E-state index contributed by atoms with van der Waals surface area (Å²) in [6.07, 6.45) is 0.886. The van der Waals surface area contributed by atoms with Crippen LogP contribution >= 0.6 is 23.2 Å². The van der Waals surface area contributed by atoms with Crippen LogP contribution in [0.2, 0.25) is 5.02 Å². The lowest BCUT2D eigenvalue weighted by molar-refractivity contribution is 0.587. The highest BCUT2D eigenvalue weighted by molar-refractivity contribution is 6.30. The van der Waals surface area contributed by atoms with Crippen molar-refractivity contribution in [1.82, 2.24) is 5.32 Å². The molecule has 0 radical (unpaired) electrons. The molecule has 0 bridgehead atoms. The third-order valence-electron chi connectivity index (χ3n) is 1.82. The molecule has 0 aliphatic carbocycles. The van der Waals surface area contributed by atoms with E-state index in [4.69, 9.17) is 23.2 Å². The van der Waals surface area contributed by atoms with Crippen molar-refractivity contribution in [2.75, 3.05) is 12.4 Å². The highest BCUT2D eigenvalue weighted by Crippen LogP contribution is 2.14. The predicted octanol–water partition coefficient (Wildman–Crippen LogP) is 3.20. The standard InChI is InChI=1S/C10H12Cl2FN/c11-4-1-5-14-7-8-2-3-9(12)6-10(8)13/h2-3,6,14H,1,4-5,7H2. The van der Waals surface area contributed by atoms with Crippen LogP contribution in [0.3, 0.4) is 0 Å². The molecule has 0 fully saturated rings. The van der Waals surface area contributed by atoms with Gasteiger partial charge >= 0.3 is 0 Å². The first-order valence-electron chi connectivity index (χ1n) is 4.44. The van der Waals surface area contributed by atoms with E-state index < -0.39 is 0 Å². The third kappa shape index (κ3) is 3.82. The van der Waals surface area contributed by atoms with E-state index in [2.05, 4.69) is 5.32 Å². The van der Waals surface area contributed by atoms with Gasteiger partial charge < -0.3 is 5.32 Å². The molecule has 0 unspecified atom stereocenters. The average molecular weight is 236 g/mol. The fourth-order valence-electron chi connectivity index (χ4n) is 1.08. The molecule has 4 heteroatoms. The van der Waals surface area contributed by atoms with Crippen molar-refractivity contribution < 1.29 is 4.39 Å². The number of nitrogens with one attached hydrogen (secondary N) is 1.